The number of allylic oxidation sites excluding steroid dienone is 1. The van der Waals surface area contributed by atoms with Crippen LogP contribution in [0.2, 0.25) is 0 Å². The average molecular weight is 752 g/mol. The molecule has 4 rings (SSSR count). The Morgan fingerprint density at radius 3 is 2.10 bits per heavy atom. The average Bonchev–Trinajstić information content (AvgIpc) is 3.10. The number of nitrogen functional groups attached to an aromatic ring is 1. The van der Waals surface area contributed by atoms with Gasteiger partial charge in [-0.05, 0) is 41.8 Å². The molecule has 0 radical (unpaired) electrons. The summed E-state index contributed by atoms with van der Waals surface area (Å²) < 4.78 is 16.4. The van der Waals surface area contributed by atoms with Crippen molar-refractivity contribution in [2.75, 3.05) is 38.5 Å². The normalized spacial score (nSPS) is 21.0. The Morgan fingerprint density at radius 1 is 0.885 bits per heavy atom. The van der Waals surface area contributed by atoms with Gasteiger partial charge in [0.25, 0.3) is 0 Å². The number of aliphatic carboxylic acids is 1. The molecule has 1 fully saturated rings. The third kappa shape index (κ3) is 12.0. The summed E-state index contributed by atoms with van der Waals surface area (Å²) in [5.74, 6) is -4.53. The SMILES string of the molecule is CC1=C(CC(=O)NCC(=O)NCC(=O)NCC(=O)NC[C@H]2O[C@@H](O/C(=C\c3ccc([O-])cc3)C(=O)O)[C@H](O)[C@@H](O)[C@H]2O)COc2cc(N)ccc21.[K+]. The summed E-state index contributed by atoms with van der Waals surface area (Å²) in [5, 5.41) is 61.2. The maximum atomic E-state index is 12.4. The number of hydrogen-bond acceptors (Lipinski definition) is 13. The first kappa shape index (κ1) is 42.4. The molecule has 10 N–H and O–H groups in total. The van der Waals surface area contributed by atoms with Crippen LogP contribution in [-0.4, -0.2) is 114 Å². The van der Waals surface area contributed by atoms with Gasteiger partial charge in [-0.25, -0.2) is 4.79 Å². The van der Waals surface area contributed by atoms with Gasteiger partial charge in [-0.15, -0.1) is 5.75 Å². The predicted molar refractivity (Wildman–Crippen MR) is 175 cm³/mol. The number of hydrogen-bond donors (Lipinski definition) is 9. The number of carboxylic acids is 1. The monoisotopic (exact) mass is 751 g/mol. The smallest absolute Gasteiger partial charge is 0.872 e. The van der Waals surface area contributed by atoms with Crippen molar-refractivity contribution >= 4 is 46.9 Å². The number of carboxylic acid groups (broad SMARTS) is 1. The van der Waals surface area contributed by atoms with E-state index in [2.05, 4.69) is 21.3 Å². The summed E-state index contributed by atoms with van der Waals surface area (Å²) in [6.45, 7) is 0.138. The van der Waals surface area contributed by atoms with E-state index < -0.39 is 92.2 Å². The zero-order valence-corrected chi connectivity index (χ0v) is 31.4. The second kappa shape index (κ2) is 19.7. The number of amides is 4. The Balaban J connectivity index is 0.00000729. The minimum atomic E-state index is -1.88. The zero-order chi connectivity index (χ0) is 37.2. The standard InChI is InChI=1S/C33H39N5O13.K/c1-16-18(15-49-22-10-19(34)4-7-21(16)22)9-25(40)36-12-27(42)38-14-28(43)37-13-26(41)35-11-24-29(44)30(45)31(46)33(51-24)50-23(32(47)48)8-17-2-5-20(39)6-3-17;/h2-8,10,24,29-31,33,39,44-46H,9,11-15,34H2,1H3,(H,35,41)(H,36,40)(H,37,43)(H,38,42)(H,47,48);/q;+1/p-1/b23-8-;/t24-,29+,30+,31-,33-;/m1./s1. The van der Waals surface area contributed by atoms with Crippen LogP contribution in [0.3, 0.4) is 0 Å². The topological polar surface area (TPSA) is 291 Å². The van der Waals surface area contributed by atoms with Crippen LogP contribution in [0.25, 0.3) is 11.6 Å². The van der Waals surface area contributed by atoms with E-state index in [-0.39, 0.29) is 75.7 Å². The Hall–Kier alpha value is -4.05. The molecule has 0 saturated carbocycles. The van der Waals surface area contributed by atoms with Crippen LogP contribution in [0.15, 0.2) is 53.8 Å². The molecule has 2 heterocycles. The molecule has 2 aromatic carbocycles. The number of benzene rings is 2. The number of carbonyl (C=O) groups is 5. The molecule has 4 amide bonds. The van der Waals surface area contributed by atoms with Crippen LogP contribution >= 0.6 is 0 Å². The fourth-order valence-electron chi connectivity index (χ4n) is 4.98. The van der Waals surface area contributed by atoms with Crippen molar-refractivity contribution in [1.29, 1.82) is 0 Å². The van der Waals surface area contributed by atoms with Gasteiger partial charge in [0.15, 0.2) is 0 Å². The third-order valence-electron chi connectivity index (χ3n) is 7.85. The molecule has 0 unspecified atom stereocenters. The van der Waals surface area contributed by atoms with Gasteiger partial charge >= 0.3 is 57.4 Å². The minimum absolute atomic E-state index is 0. The molecule has 1 saturated heterocycles. The molecule has 0 aliphatic carbocycles. The van der Waals surface area contributed by atoms with Crippen LogP contribution in [0.1, 0.15) is 24.5 Å². The van der Waals surface area contributed by atoms with Gasteiger partial charge in [0.05, 0.1) is 26.1 Å². The van der Waals surface area contributed by atoms with E-state index in [0.717, 1.165) is 22.8 Å². The van der Waals surface area contributed by atoms with Crippen molar-refractivity contribution in [2.24, 2.45) is 0 Å². The van der Waals surface area contributed by atoms with Crippen molar-refractivity contribution in [3.8, 4) is 11.5 Å². The van der Waals surface area contributed by atoms with Gasteiger partial charge in [-0.1, -0.05) is 24.3 Å². The second-order valence-electron chi connectivity index (χ2n) is 11.6. The van der Waals surface area contributed by atoms with Gasteiger partial charge in [0, 0.05) is 23.9 Å². The van der Waals surface area contributed by atoms with Crippen LogP contribution < -0.4 is 88.2 Å². The number of aliphatic hydroxyl groups is 3. The van der Waals surface area contributed by atoms with Crippen LogP contribution in [0, 0.1) is 0 Å². The number of nitrogens with two attached hydrogens (primary N) is 1. The predicted octanol–water partition coefficient (Wildman–Crippen LogP) is -5.68. The van der Waals surface area contributed by atoms with E-state index in [1.807, 2.05) is 6.92 Å². The van der Waals surface area contributed by atoms with Crippen molar-refractivity contribution in [3.05, 3.63) is 64.9 Å². The Bertz CT molecular complexity index is 1700. The molecule has 0 spiro atoms. The van der Waals surface area contributed by atoms with E-state index in [4.69, 9.17) is 19.9 Å². The van der Waals surface area contributed by atoms with Crippen molar-refractivity contribution in [2.45, 2.75) is 44.1 Å². The van der Waals surface area contributed by atoms with Gasteiger partial charge in [0.1, 0.15) is 36.8 Å². The van der Waals surface area contributed by atoms with Crippen LogP contribution in [0.4, 0.5) is 5.69 Å². The summed E-state index contributed by atoms with van der Waals surface area (Å²) in [5.41, 5.74) is 9.04. The van der Waals surface area contributed by atoms with E-state index >= 15 is 0 Å². The Labute approximate surface area is 339 Å². The summed E-state index contributed by atoms with van der Waals surface area (Å²) in [6, 6.07) is 10.3. The summed E-state index contributed by atoms with van der Waals surface area (Å²) in [4.78, 5) is 60.8. The first-order valence-electron chi connectivity index (χ1n) is 15.6. The van der Waals surface area contributed by atoms with Gasteiger partial charge < -0.3 is 66.7 Å². The van der Waals surface area contributed by atoms with E-state index in [0.29, 0.717) is 11.4 Å². The van der Waals surface area contributed by atoms with E-state index in [9.17, 15) is 49.5 Å². The maximum Gasteiger partial charge on any atom is 1.00 e. The fourth-order valence-corrected chi connectivity index (χ4v) is 4.98. The largest absolute Gasteiger partial charge is 1.00 e. The number of fused-ring (bicyclic) bond motifs is 1. The molecule has 5 atom stereocenters. The molecule has 0 aromatic heterocycles. The first-order valence-corrected chi connectivity index (χ1v) is 15.6. The van der Waals surface area contributed by atoms with Gasteiger partial charge in [-0.2, -0.15) is 0 Å². The molecule has 0 bridgehead atoms. The number of rotatable bonds is 14. The Morgan fingerprint density at radius 2 is 1.48 bits per heavy atom. The Kier molecular flexibility index (Phi) is 16.0. The summed E-state index contributed by atoms with van der Waals surface area (Å²) in [7, 11) is 0. The number of anilines is 1. The molecule has 52 heavy (non-hydrogen) atoms. The number of ether oxygens (including phenoxy) is 3. The van der Waals surface area contributed by atoms with Crippen molar-refractivity contribution in [1.82, 2.24) is 21.3 Å². The number of nitrogens with one attached hydrogen (secondary N) is 4. The molecule has 2 aliphatic rings. The molecule has 19 heteroatoms. The molecule has 2 aromatic rings. The molecule has 274 valence electrons. The molecular formula is C33H38KN5O13. The zero-order valence-electron chi connectivity index (χ0n) is 28.3. The van der Waals surface area contributed by atoms with Crippen LogP contribution in [-0.2, 0) is 33.4 Å². The number of aliphatic hydroxyl groups excluding tert-OH is 3. The number of carbonyl (C=O) groups excluding carboxylic acids is 4. The minimum Gasteiger partial charge on any atom is -0.872 e. The third-order valence-corrected chi connectivity index (χ3v) is 7.85. The molecular weight excluding hydrogens is 713 g/mol. The molecule has 18 nitrogen and oxygen atoms in total. The van der Waals surface area contributed by atoms with E-state index in [1.165, 1.54) is 24.3 Å². The summed E-state index contributed by atoms with van der Waals surface area (Å²) >= 11 is 0. The van der Waals surface area contributed by atoms with Crippen LogP contribution in [0.5, 0.6) is 11.5 Å². The van der Waals surface area contributed by atoms with Crippen molar-refractivity contribution < 1.29 is 115 Å². The fraction of sp³-hybridized carbons (Fsp3) is 0.364. The maximum absolute atomic E-state index is 12.4. The molecule has 2 aliphatic heterocycles. The quantitative estimate of drug-likeness (QED) is 0.0377. The van der Waals surface area contributed by atoms with Crippen molar-refractivity contribution in [3.63, 3.8) is 0 Å². The van der Waals surface area contributed by atoms with Gasteiger partial charge in [0.2, 0.25) is 35.7 Å². The summed E-state index contributed by atoms with van der Waals surface area (Å²) in [6.07, 6.45) is -7.56. The second-order valence-corrected chi connectivity index (χ2v) is 11.6. The van der Waals surface area contributed by atoms with E-state index in [1.54, 1.807) is 18.2 Å². The van der Waals surface area contributed by atoms with Gasteiger partial charge in [-0.3, -0.25) is 19.2 Å². The first-order chi connectivity index (χ1) is 24.2.